The van der Waals surface area contributed by atoms with E-state index in [4.69, 9.17) is 0 Å². The molecule has 0 aliphatic rings. The lowest BCUT2D eigenvalue weighted by molar-refractivity contribution is -0.274. The number of hydrogen-bond acceptors (Lipinski definition) is 1. The summed E-state index contributed by atoms with van der Waals surface area (Å²) in [6, 6.07) is 1.79. The number of benzene rings is 1. The molecule has 0 aliphatic heterocycles. The normalized spacial score (nSPS) is 12.7. The molecule has 1 aromatic rings. The molecule has 9 heteroatoms. The maximum Gasteiger partial charge on any atom is 0.573 e. The third-order valence-electron chi connectivity index (χ3n) is 1.51. The van der Waals surface area contributed by atoms with Gasteiger partial charge in [-0.2, -0.15) is 0 Å². The Bertz CT molecular complexity index is 387. The molecule has 0 radical (unpaired) electrons. The molecule has 1 rings (SSSR count). The second kappa shape index (κ2) is 4.19. The highest BCUT2D eigenvalue weighted by Crippen LogP contribution is 2.26. The lowest BCUT2D eigenvalue weighted by Gasteiger charge is -2.17. The summed E-state index contributed by atoms with van der Waals surface area (Å²) in [6.07, 6.45) is -5.02. The first-order valence-electron chi connectivity index (χ1n) is 3.84. The van der Waals surface area contributed by atoms with Gasteiger partial charge in [-0.15, -0.1) is 18.6 Å². The van der Waals surface area contributed by atoms with Gasteiger partial charge >= 0.3 is 13.3 Å². The summed E-state index contributed by atoms with van der Waals surface area (Å²) in [7, 11) is 0. The van der Waals surface area contributed by atoms with Gasteiger partial charge in [0.15, 0.2) is 0 Å². The highest BCUT2D eigenvalue weighted by Gasteiger charge is 2.32. The second-order valence-electron chi connectivity index (χ2n) is 2.84. The number of ether oxygens (including phenoxy) is 1. The number of rotatable bonds is 2. The third kappa shape index (κ3) is 3.95. The molecule has 0 spiro atoms. The maximum atomic E-state index is 12.3. The van der Waals surface area contributed by atoms with Crippen molar-refractivity contribution in [2.24, 2.45) is 0 Å². The first-order valence-corrected chi connectivity index (χ1v) is 4.63. The van der Waals surface area contributed by atoms with Crippen molar-refractivity contribution in [1.82, 2.24) is 0 Å². The molecule has 1 nitrogen and oxygen atoms in total. The van der Waals surface area contributed by atoms with Gasteiger partial charge in [-0.3, -0.25) is 0 Å². The van der Waals surface area contributed by atoms with Crippen LogP contribution in [-0.4, -0.2) is 13.3 Å². The molecule has 0 aliphatic carbocycles. The van der Waals surface area contributed by atoms with Gasteiger partial charge in [0.1, 0.15) is 5.75 Å². The largest absolute Gasteiger partial charge is 0.573 e. The van der Waals surface area contributed by atoms with E-state index in [0.717, 1.165) is 6.07 Å². The predicted octanol–water partition coefficient (Wildman–Crippen LogP) is 3.40. The summed E-state index contributed by atoms with van der Waals surface area (Å²) in [4.78, 5) is 0. The molecule has 0 bridgehead atoms. The van der Waals surface area contributed by atoms with E-state index in [0.29, 0.717) is 12.1 Å². The molecule has 0 aromatic heterocycles. The van der Waals surface area contributed by atoms with Crippen LogP contribution in [0.1, 0.15) is 0 Å². The molecule has 0 heterocycles. The quantitative estimate of drug-likeness (QED) is 0.601. The average Bonchev–Trinajstić information content (AvgIpc) is 1.97. The fourth-order valence-electron chi connectivity index (χ4n) is 0.966. The third-order valence-corrected chi connectivity index (χ3v) is 1.96. The topological polar surface area (TPSA) is 9.23 Å². The fraction of sp³-hybridized carbons (Fsp3) is 0.143. The van der Waals surface area contributed by atoms with Crippen LogP contribution in [0.25, 0.3) is 0 Å². The van der Waals surface area contributed by atoms with Crippen LogP contribution in [0, 0.1) is 0 Å². The van der Waals surface area contributed by atoms with Gasteiger partial charge in [-0.05, 0) is 12.1 Å². The van der Waals surface area contributed by atoms with Crippen molar-refractivity contribution < 1.29 is 30.9 Å². The van der Waals surface area contributed by atoms with Crippen molar-refractivity contribution in [3.8, 4) is 5.75 Å². The Labute approximate surface area is 94.6 Å². The second-order valence-corrected chi connectivity index (χ2v) is 3.76. The highest BCUT2D eigenvalue weighted by atomic mass is 79.9. The molecule has 0 amide bonds. The smallest absolute Gasteiger partial charge is 0.445 e. The van der Waals surface area contributed by atoms with Gasteiger partial charge in [0.25, 0.3) is 0 Å². The Kier molecular flexibility index (Phi) is 3.46. The summed E-state index contributed by atoms with van der Waals surface area (Å²) in [5, 5.41) is 0. The number of halogens is 7. The van der Waals surface area contributed by atoms with Gasteiger partial charge in [0.05, 0.1) is 0 Å². The summed E-state index contributed by atoms with van der Waals surface area (Å²) in [5.41, 5.74) is -1.16. The van der Waals surface area contributed by atoms with Crippen molar-refractivity contribution in [3.63, 3.8) is 0 Å². The lowest BCUT2D eigenvalue weighted by atomic mass is 9.80. The Morgan fingerprint density at radius 3 is 2.06 bits per heavy atom. The van der Waals surface area contributed by atoms with Crippen molar-refractivity contribution in [3.05, 3.63) is 22.7 Å². The summed E-state index contributed by atoms with van der Waals surface area (Å²) >= 11 is 2.68. The number of alkyl halides is 3. The average molecular weight is 308 g/mol. The van der Waals surface area contributed by atoms with Crippen molar-refractivity contribution in [1.29, 1.82) is 0 Å². The minimum Gasteiger partial charge on any atom is -0.445 e. The van der Waals surface area contributed by atoms with Crippen LogP contribution in [0.5, 0.6) is 5.75 Å². The Morgan fingerprint density at radius 1 is 1.06 bits per heavy atom. The zero-order valence-electron chi connectivity index (χ0n) is 7.36. The van der Waals surface area contributed by atoms with Crippen molar-refractivity contribution in [2.45, 2.75) is 6.36 Å². The lowest BCUT2D eigenvalue weighted by Crippen LogP contribution is -2.34. The fourth-order valence-corrected chi connectivity index (χ4v) is 1.46. The van der Waals surface area contributed by atoms with Crippen LogP contribution >= 0.6 is 15.9 Å². The minimum absolute atomic E-state index is 0.136. The summed E-state index contributed by atoms with van der Waals surface area (Å²) < 4.78 is 75.5. The monoisotopic (exact) mass is 307 g/mol. The molecule has 90 valence electrons. The molecule has 1 aromatic carbocycles. The van der Waals surface area contributed by atoms with E-state index in [1.54, 1.807) is 0 Å². The van der Waals surface area contributed by atoms with E-state index in [1.807, 2.05) is 0 Å². The predicted molar refractivity (Wildman–Crippen MR) is 49.5 cm³/mol. The van der Waals surface area contributed by atoms with Crippen LogP contribution in [0.2, 0.25) is 0 Å². The van der Waals surface area contributed by atoms with Crippen LogP contribution in [0.15, 0.2) is 22.7 Å². The molecule has 16 heavy (non-hydrogen) atoms. The number of hydrogen-bond donors (Lipinski definition) is 0. The molecule has 0 saturated carbocycles. The first kappa shape index (κ1) is 13.2. The Morgan fingerprint density at radius 2 is 1.62 bits per heavy atom. The summed E-state index contributed by atoms with van der Waals surface area (Å²) in [6.45, 7) is -5.37. The summed E-state index contributed by atoms with van der Waals surface area (Å²) in [5.74, 6) is -0.906. The van der Waals surface area contributed by atoms with E-state index in [9.17, 15) is 26.1 Å². The van der Waals surface area contributed by atoms with Crippen molar-refractivity contribution >= 4 is 28.4 Å². The molecule has 0 fully saturated rings. The molecule has 0 unspecified atom stereocenters. The van der Waals surface area contributed by atoms with E-state index >= 15 is 0 Å². The Balaban J connectivity index is 3.09. The zero-order chi connectivity index (χ0) is 12.6. The van der Waals surface area contributed by atoms with Crippen LogP contribution in [0.3, 0.4) is 0 Å². The van der Waals surface area contributed by atoms with Crippen molar-refractivity contribution in [2.75, 3.05) is 0 Å². The van der Waals surface area contributed by atoms with E-state index in [-0.39, 0.29) is 4.47 Å². The van der Waals surface area contributed by atoms with Gasteiger partial charge in [-0.1, -0.05) is 22.0 Å². The van der Waals surface area contributed by atoms with E-state index in [1.165, 1.54) is 0 Å². The van der Waals surface area contributed by atoms with E-state index < -0.39 is 24.6 Å². The molecular formula is C7H3BBrF6O-. The first-order chi connectivity index (χ1) is 7.08. The zero-order valence-corrected chi connectivity index (χ0v) is 8.95. The standard InChI is InChI=1S/C7H3BBrF6O/c9-5-1-4(8(13,14)15)2-6(3-5)16-7(10,11)12/h1-3H/q-1. The molecule has 0 atom stereocenters. The van der Waals surface area contributed by atoms with Crippen LogP contribution in [-0.2, 0) is 0 Å². The minimum atomic E-state index is -5.37. The Hall–Kier alpha value is -0.855. The van der Waals surface area contributed by atoms with Gasteiger partial charge in [0.2, 0.25) is 0 Å². The highest BCUT2D eigenvalue weighted by molar-refractivity contribution is 9.10. The van der Waals surface area contributed by atoms with Crippen LogP contribution in [0.4, 0.5) is 26.1 Å². The maximum absolute atomic E-state index is 12.3. The molecular weight excluding hydrogens is 305 g/mol. The van der Waals surface area contributed by atoms with Crippen LogP contribution < -0.4 is 10.2 Å². The molecule has 0 saturated heterocycles. The van der Waals surface area contributed by atoms with Gasteiger partial charge < -0.3 is 17.7 Å². The SMILES string of the molecule is F[B-](F)(F)c1cc(Br)cc(OC(F)(F)F)c1. The van der Waals surface area contributed by atoms with E-state index in [2.05, 4.69) is 20.7 Å². The van der Waals surface area contributed by atoms with Gasteiger partial charge in [0, 0.05) is 4.47 Å². The molecule has 0 N–H and O–H groups in total. The van der Waals surface area contributed by atoms with Gasteiger partial charge in [-0.25, -0.2) is 0 Å².